The highest BCUT2D eigenvalue weighted by Crippen LogP contribution is 2.29. The highest BCUT2D eigenvalue weighted by atomic mass is 19.2. The van der Waals surface area contributed by atoms with Gasteiger partial charge in [0.1, 0.15) is 0 Å². The zero-order chi connectivity index (χ0) is 11.6. The summed E-state index contributed by atoms with van der Waals surface area (Å²) in [4.78, 5) is 0. The van der Waals surface area contributed by atoms with E-state index in [4.69, 9.17) is 5.73 Å². The van der Waals surface area contributed by atoms with Gasteiger partial charge < -0.3 is 5.73 Å². The molecule has 1 rings (SSSR count). The van der Waals surface area contributed by atoms with Gasteiger partial charge in [-0.1, -0.05) is 19.1 Å². The number of nitrogen functional groups attached to an aromatic ring is 1. The van der Waals surface area contributed by atoms with E-state index in [9.17, 15) is 13.2 Å². The molecule has 0 saturated heterocycles. The van der Waals surface area contributed by atoms with Crippen LogP contribution in [0.4, 0.5) is 18.9 Å². The molecule has 0 spiro atoms. The molecule has 15 heavy (non-hydrogen) atoms. The Morgan fingerprint density at radius 1 is 1.27 bits per heavy atom. The number of allylic oxidation sites excluding steroid dienone is 2. The first-order valence-corrected chi connectivity index (χ1v) is 4.54. The van der Waals surface area contributed by atoms with Crippen molar-refractivity contribution in [2.75, 3.05) is 5.73 Å². The van der Waals surface area contributed by atoms with E-state index in [0.29, 0.717) is 0 Å². The van der Waals surface area contributed by atoms with Crippen LogP contribution in [0.25, 0.3) is 0 Å². The second kappa shape index (κ2) is 4.38. The van der Waals surface area contributed by atoms with Crippen LogP contribution in [0.15, 0.2) is 18.2 Å². The van der Waals surface area contributed by atoms with Crippen LogP contribution in [0, 0.1) is 17.5 Å². The Morgan fingerprint density at radius 2 is 1.87 bits per heavy atom. The van der Waals surface area contributed by atoms with E-state index in [1.807, 2.05) is 0 Å². The third-order valence-corrected chi connectivity index (χ3v) is 2.17. The van der Waals surface area contributed by atoms with E-state index in [1.54, 1.807) is 26.0 Å². The van der Waals surface area contributed by atoms with Crippen LogP contribution >= 0.6 is 0 Å². The van der Waals surface area contributed by atoms with Gasteiger partial charge in [0.25, 0.3) is 0 Å². The van der Waals surface area contributed by atoms with Crippen molar-refractivity contribution in [1.82, 2.24) is 0 Å². The van der Waals surface area contributed by atoms with Gasteiger partial charge in [0.2, 0.25) is 0 Å². The molecule has 0 aliphatic carbocycles. The Hall–Kier alpha value is -1.45. The maximum absolute atomic E-state index is 13.4. The summed E-state index contributed by atoms with van der Waals surface area (Å²) < 4.78 is 39.1. The first-order chi connectivity index (χ1) is 6.99. The zero-order valence-corrected chi connectivity index (χ0v) is 8.52. The van der Waals surface area contributed by atoms with Crippen molar-refractivity contribution < 1.29 is 13.2 Å². The molecule has 0 aromatic heterocycles. The molecule has 82 valence electrons. The molecule has 1 aromatic carbocycles. The first-order valence-electron chi connectivity index (χ1n) is 4.54. The molecule has 0 aliphatic rings. The van der Waals surface area contributed by atoms with Crippen LogP contribution in [0.3, 0.4) is 0 Å². The lowest BCUT2D eigenvalue weighted by Gasteiger charge is -2.12. The highest BCUT2D eigenvalue weighted by molar-refractivity contribution is 5.51. The lowest BCUT2D eigenvalue weighted by atomic mass is 9.98. The summed E-state index contributed by atoms with van der Waals surface area (Å²) in [6.07, 6.45) is 3.36. The van der Waals surface area contributed by atoms with Crippen LogP contribution in [-0.2, 0) is 0 Å². The summed E-state index contributed by atoms with van der Waals surface area (Å²) in [6, 6.07) is 0.799. The van der Waals surface area contributed by atoms with Crippen LogP contribution in [0.1, 0.15) is 25.3 Å². The fourth-order valence-electron chi connectivity index (χ4n) is 1.48. The van der Waals surface area contributed by atoms with Crippen LogP contribution in [-0.4, -0.2) is 0 Å². The lowest BCUT2D eigenvalue weighted by molar-refractivity contribution is 0.441. The molecule has 1 aromatic rings. The average Bonchev–Trinajstić information content (AvgIpc) is 2.15. The zero-order valence-electron chi connectivity index (χ0n) is 8.52. The van der Waals surface area contributed by atoms with E-state index >= 15 is 0 Å². The molecule has 4 heteroatoms. The monoisotopic (exact) mass is 215 g/mol. The smallest absolute Gasteiger partial charge is 0.194 e. The number of hydrogen-bond donors (Lipinski definition) is 1. The van der Waals surface area contributed by atoms with Gasteiger partial charge in [0.05, 0.1) is 0 Å². The van der Waals surface area contributed by atoms with Gasteiger partial charge >= 0.3 is 0 Å². The van der Waals surface area contributed by atoms with Crippen molar-refractivity contribution in [3.05, 3.63) is 41.2 Å². The fraction of sp³-hybridized carbons (Fsp3) is 0.273. The van der Waals surface area contributed by atoms with Crippen molar-refractivity contribution in [2.45, 2.75) is 19.8 Å². The summed E-state index contributed by atoms with van der Waals surface area (Å²) >= 11 is 0. The Bertz CT molecular complexity index is 399. The molecule has 0 saturated carbocycles. The lowest BCUT2D eigenvalue weighted by Crippen LogP contribution is -2.05. The molecule has 1 unspecified atom stereocenters. The fourth-order valence-corrected chi connectivity index (χ4v) is 1.48. The number of halogens is 3. The van der Waals surface area contributed by atoms with E-state index in [2.05, 4.69) is 0 Å². The Labute approximate surface area is 86.4 Å². The molecule has 2 N–H and O–H groups in total. The maximum Gasteiger partial charge on any atom is 0.194 e. The van der Waals surface area contributed by atoms with Gasteiger partial charge in [0.15, 0.2) is 17.5 Å². The molecule has 0 amide bonds. The molecule has 0 aliphatic heterocycles. The third kappa shape index (κ3) is 2.14. The second-order valence-corrected chi connectivity index (χ2v) is 3.30. The number of rotatable bonds is 2. The van der Waals surface area contributed by atoms with E-state index in [-0.39, 0.29) is 17.2 Å². The predicted octanol–water partition coefficient (Wildman–Crippen LogP) is 3.37. The average molecular weight is 215 g/mol. The van der Waals surface area contributed by atoms with Crippen molar-refractivity contribution >= 4 is 5.69 Å². The normalized spacial score (nSPS) is 13.4. The number of anilines is 1. The molecule has 1 nitrogen and oxygen atoms in total. The number of benzene rings is 1. The molecule has 0 radical (unpaired) electrons. The highest BCUT2D eigenvalue weighted by Gasteiger charge is 2.19. The molecule has 0 heterocycles. The molecular formula is C11H12F3N. The Kier molecular flexibility index (Phi) is 3.39. The summed E-state index contributed by atoms with van der Waals surface area (Å²) in [5.74, 6) is -4.33. The van der Waals surface area contributed by atoms with Crippen LogP contribution in [0.2, 0.25) is 0 Å². The summed E-state index contributed by atoms with van der Waals surface area (Å²) in [6.45, 7) is 3.41. The quantitative estimate of drug-likeness (QED) is 0.457. The van der Waals surface area contributed by atoms with Crippen molar-refractivity contribution in [3.63, 3.8) is 0 Å². The third-order valence-electron chi connectivity index (χ3n) is 2.17. The maximum atomic E-state index is 13.4. The SMILES string of the molecule is CC=CC(C)c1c(N)cc(F)c(F)c1F. The van der Waals surface area contributed by atoms with Crippen molar-refractivity contribution in [3.8, 4) is 0 Å². The van der Waals surface area contributed by atoms with Crippen LogP contribution < -0.4 is 5.73 Å². The van der Waals surface area contributed by atoms with E-state index < -0.39 is 17.5 Å². The van der Waals surface area contributed by atoms with E-state index in [1.165, 1.54) is 0 Å². The summed E-state index contributed by atoms with van der Waals surface area (Å²) in [5, 5.41) is 0. The minimum Gasteiger partial charge on any atom is -0.398 e. The minimum absolute atomic E-state index is 0.00741. The summed E-state index contributed by atoms with van der Waals surface area (Å²) in [7, 11) is 0. The first kappa shape index (κ1) is 11.6. The van der Waals surface area contributed by atoms with Crippen molar-refractivity contribution in [2.24, 2.45) is 0 Å². The Morgan fingerprint density at radius 3 is 2.40 bits per heavy atom. The van der Waals surface area contributed by atoms with Gasteiger partial charge in [-0.3, -0.25) is 0 Å². The molecule has 1 atom stereocenters. The second-order valence-electron chi connectivity index (χ2n) is 3.30. The minimum atomic E-state index is -1.48. The van der Waals surface area contributed by atoms with Gasteiger partial charge in [-0.2, -0.15) is 0 Å². The topological polar surface area (TPSA) is 26.0 Å². The van der Waals surface area contributed by atoms with Gasteiger partial charge in [0, 0.05) is 23.2 Å². The van der Waals surface area contributed by atoms with Crippen molar-refractivity contribution in [1.29, 1.82) is 0 Å². The standard InChI is InChI=1S/C11H12F3N/c1-3-4-6(2)9-8(15)5-7(12)10(13)11(9)14/h3-6H,15H2,1-2H3. The van der Waals surface area contributed by atoms with E-state index in [0.717, 1.165) is 6.07 Å². The molecular weight excluding hydrogens is 203 g/mol. The molecule has 0 bridgehead atoms. The van der Waals surface area contributed by atoms with Gasteiger partial charge in [-0.25, -0.2) is 13.2 Å². The van der Waals surface area contributed by atoms with Crippen LogP contribution in [0.5, 0.6) is 0 Å². The van der Waals surface area contributed by atoms with Gasteiger partial charge in [-0.15, -0.1) is 0 Å². The predicted molar refractivity (Wildman–Crippen MR) is 54.0 cm³/mol. The largest absolute Gasteiger partial charge is 0.398 e. The van der Waals surface area contributed by atoms with Gasteiger partial charge in [-0.05, 0) is 6.92 Å². The summed E-state index contributed by atoms with van der Waals surface area (Å²) in [5.41, 5.74) is 5.36. The number of hydrogen-bond acceptors (Lipinski definition) is 1. The number of nitrogens with two attached hydrogens (primary N) is 1. The Balaban J connectivity index is 3.35. The molecule has 0 fully saturated rings.